The minimum absolute atomic E-state index is 0.0231. The van der Waals surface area contributed by atoms with Gasteiger partial charge in [-0.3, -0.25) is 10.1 Å². The van der Waals surface area contributed by atoms with Gasteiger partial charge in [0.2, 0.25) is 0 Å². The minimum Gasteiger partial charge on any atom is -0.395 e. The number of aliphatic hydroxyl groups is 1. The van der Waals surface area contributed by atoms with Gasteiger partial charge < -0.3 is 15.3 Å². The molecule has 0 radical (unpaired) electrons. The van der Waals surface area contributed by atoms with Crippen LogP contribution in [0.1, 0.15) is 5.56 Å². The van der Waals surface area contributed by atoms with Gasteiger partial charge in [-0.15, -0.1) is 0 Å². The zero-order valence-electron chi connectivity index (χ0n) is 9.64. The van der Waals surface area contributed by atoms with E-state index in [2.05, 4.69) is 5.32 Å². The van der Waals surface area contributed by atoms with Crippen LogP contribution in [0.2, 0.25) is 0 Å². The number of nitro groups is 1. The van der Waals surface area contributed by atoms with Gasteiger partial charge in [0.1, 0.15) is 5.69 Å². The molecule has 1 aliphatic heterocycles. The zero-order valence-corrected chi connectivity index (χ0v) is 9.64. The van der Waals surface area contributed by atoms with Crippen molar-refractivity contribution in [2.75, 3.05) is 37.0 Å². The first-order chi connectivity index (χ1) is 8.15. The van der Waals surface area contributed by atoms with Gasteiger partial charge in [-0.1, -0.05) is 0 Å². The van der Waals surface area contributed by atoms with E-state index in [0.717, 1.165) is 24.2 Å². The number of rotatable bonds is 4. The average molecular weight is 237 g/mol. The second kappa shape index (κ2) is 4.58. The van der Waals surface area contributed by atoms with E-state index < -0.39 is 0 Å². The maximum Gasteiger partial charge on any atom is 0.292 e. The molecule has 6 nitrogen and oxygen atoms in total. The highest BCUT2D eigenvalue weighted by atomic mass is 16.6. The fourth-order valence-corrected chi connectivity index (χ4v) is 2.20. The molecule has 92 valence electrons. The quantitative estimate of drug-likeness (QED) is 0.603. The van der Waals surface area contributed by atoms with Crippen molar-refractivity contribution < 1.29 is 10.0 Å². The Kier molecular flexibility index (Phi) is 3.14. The second-order valence-corrected chi connectivity index (χ2v) is 4.04. The summed E-state index contributed by atoms with van der Waals surface area (Å²) in [5.74, 6) is 0. The normalized spacial score (nSPS) is 13.1. The van der Waals surface area contributed by atoms with Gasteiger partial charge >= 0.3 is 0 Å². The van der Waals surface area contributed by atoms with E-state index in [4.69, 9.17) is 5.11 Å². The highest BCUT2D eigenvalue weighted by Crippen LogP contribution is 2.38. The van der Waals surface area contributed by atoms with Crippen LogP contribution in [-0.2, 0) is 6.42 Å². The van der Waals surface area contributed by atoms with Gasteiger partial charge in [0, 0.05) is 37.5 Å². The Hall–Kier alpha value is -1.82. The molecular formula is C11H15N3O3. The molecule has 2 rings (SSSR count). The summed E-state index contributed by atoms with van der Waals surface area (Å²) < 4.78 is 0. The smallest absolute Gasteiger partial charge is 0.292 e. The Morgan fingerprint density at radius 1 is 1.59 bits per heavy atom. The van der Waals surface area contributed by atoms with E-state index in [1.165, 1.54) is 6.07 Å². The first-order valence-corrected chi connectivity index (χ1v) is 5.51. The van der Waals surface area contributed by atoms with Crippen molar-refractivity contribution in [2.24, 2.45) is 0 Å². The second-order valence-electron chi connectivity index (χ2n) is 4.04. The SMILES string of the molecule is CN(CCO)c1c([N+](=O)[O-])ccc2c1CCN2. The summed E-state index contributed by atoms with van der Waals surface area (Å²) in [5.41, 5.74) is 2.64. The lowest BCUT2D eigenvalue weighted by Gasteiger charge is -2.20. The molecule has 0 aromatic heterocycles. The predicted octanol–water partition coefficient (Wildman–Crippen LogP) is 0.991. The van der Waals surface area contributed by atoms with Crippen molar-refractivity contribution in [1.29, 1.82) is 0 Å². The first kappa shape index (κ1) is 11.7. The van der Waals surface area contributed by atoms with Crippen molar-refractivity contribution in [3.63, 3.8) is 0 Å². The van der Waals surface area contributed by atoms with E-state index in [0.29, 0.717) is 12.2 Å². The Labute approximate surface area is 99.0 Å². The van der Waals surface area contributed by atoms with E-state index >= 15 is 0 Å². The van der Waals surface area contributed by atoms with Crippen LogP contribution in [0, 0.1) is 10.1 Å². The highest BCUT2D eigenvalue weighted by Gasteiger charge is 2.25. The van der Waals surface area contributed by atoms with Crippen LogP contribution < -0.4 is 10.2 Å². The molecule has 0 fully saturated rings. The fourth-order valence-electron chi connectivity index (χ4n) is 2.20. The third-order valence-electron chi connectivity index (χ3n) is 2.97. The Balaban J connectivity index is 2.51. The number of anilines is 2. The molecule has 0 amide bonds. The zero-order chi connectivity index (χ0) is 12.4. The Bertz CT molecular complexity index is 448. The molecule has 1 aliphatic rings. The van der Waals surface area contributed by atoms with E-state index in [-0.39, 0.29) is 17.2 Å². The van der Waals surface area contributed by atoms with Crippen molar-refractivity contribution in [1.82, 2.24) is 0 Å². The summed E-state index contributed by atoms with van der Waals surface area (Å²) >= 11 is 0. The maximum atomic E-state index is 11.0. The van der Waals surface area contributed by atoms with Crippen LogP contribution in [0.5, 0.6) is 0 Å². The number of nitrogens with zero attached hydrogens (tertiary/aromatic N) is 2. The summed E-state index contributed by atoms with van der Waals surface area (Å²) in [6.07, 6.45) is 0.780. The van der Waals surface area contributed by atoms with E-state index in [9.17, 15) is 10.1 Å². The largest absolute Gasteiger partial charge is 0.395 e. The van der Waals surface area contributed by atoms with Gasteiger partial charge in [0.25, 0.3) is 5.69 Å². The van der Waals surface area contributed by atoms with Gasteiger partial charge in [-0.2, -0.15) is 0 Å². The number of aliphatic hydroxyl groups excluding tert-OH is 1. The minimum atomic E-state index is -0.373. The van der Waals surface area contributed by atoms with Gasteiger partial charge in [-0.05, 0) is 12.5 Å². The summed E-state index contributed by atoms with van der Waals surface area (Å²) in [6.45, 7) is 1.17. The molecule has 0 bridgehead atoms. The molecule has 0 unspecified atom stereocenters. The molecular weight excluding hydrogens is 222 g/mol. The highest BCUT2D eigenvalue weighted by molar-refractivity contribution is 5.77. The van der Waals surface area contributed by atoms with Crippen LogP contribution >= 0.6 is 0 Å². The molecule has 0 atom stereocenters. The van der Waals surface area contributed by atoms with Crippen molar-refractivity contribution in [3.8, 4) is 0 Å². The fraction of sp³-hybridized carbons (Fsp3) is 0.455. The van der Waals surface area contributed by atoms with Crippen molar-refractivity contribution in [2.45, 2.75) is 6.42 Å². The molecule has 1 aromatic rings. The summed E-state index contributed by atoms with van der Waals surface area (Å²) in [5, 5.41) is 23.2. The lowest BCUT2D eigenvalue weighted by molar-refractivity contribution is -0.384. The van der Waals surface area contributed by atoms with E-state index in [1.807, 2.05) is 0 Å². The third-order valence-corrected chi connectivity index (χ3v) is 2.97. The van der Waals surface area contributed by atoms with Crippen molar-refractivity contribution >= 4 is 17.1 Å². The van der Waals surface area contributed by atoms with Crippen LogP contribution in [0.15, 0.2) is 12.1 Å². The third kappa shape index (κ3) is 2.03. The van der Waals surface area contributed by atoms with Gasteiger partial charge in [0.15, 0.2) is 0 Å². The number of fused-ring (bicyclic) bond motifs is 1. The molecule has 17 heavy (non-hydrogen) atoms. The first-order valence-electron chi connectivity index (χ1n) is 5.51. The van der Waals surface area contributed by atoms with Gasteiger partial charge in [0.05, 0.1) is 11.5 Å². The molecule has 0 saturated carbocycles. The lowest BCUT2D eigenvalue weighted by Crippen LogP contribution is -2.23. The van der Waals surface area contributed by atoms with E-state index in [1.54, 1.807) is 18.0 Å². The topological polar surface area (TPSA) is 78.6 Å². The standard InChI is InChI=1S/C11H15N3O3/c1-13(6-7-15)11-8-4-5-12-9(8)2-3-10(11)14(16)17/h2-3,12,15H,4-7H2,1H3. The molecule has 6 heteroatoms. The molecule has 0 aliphatic carbocycles. The molecule has 0 saturated heterocycles. The number of nitrogens with one attached hydrogen (secondary N) is 1. The van der Waals surface area contributed by atoms with Crippen LogP contribution in [-0.4, -0.2) is 36.8 Å². The van der Waals surface area contributed by atoms with Crippen molar-refractivity contribution in [3.05, 3.63) is 27.8 Å². The monoisotopic (exact) mass is 237 g/mol. The number of likely N-dealkylation sites (N-methyl/N-ethyl adjacent to an activating group) is 1. The van der Waals surface area contributed by atoms with Crippen LogP contribution in [0.3, 0.4) is 0 Å². The molecule has 1 aromatic carbocycles. The Morgan fingerprint density at radius 3 is 3.00 bits per heavy atom. The molecule has 1 heterocycles. The molecule has 0 spiro atoms. The van der Waals surface area contributed by atoms with Gasteiger partial charge in [-0.25, -0.2) is 0 Å². The number of hydrogen-bond donors (Lipinski definition) is 2. The Morgan fingerprint density at radius 2 is 2.35 bits per heavy atom. The maximum absolute atomic E-state index is 11.0. The average Bonchev–Trinajstić information content (AvgIpc) is 2.75. The number of hydrogen-bond acceptors (Lipinski definition) is 5. The number of benzene rings is 1. The molecule has 2 N–H and O–H groups in total. The van der Waals surface area contributed by atoms with Crippen LogP contribution in [0.25, 0.3) is 0 Å². The summed E-state index contributed by atoms with van der Waals surface area (Å²) in [6, 6.07) is 3.26. The summed E-state index contributed by atoms with van der Waals surface area (Å²) in [7, 11) is 1.76. The van der Waals surface area contributed by atoms with Crippen LogP contribution in [0.4, 0.5) is 17.1 Å². The predicted molar refractivity (Wildman–Crippen MR) is 65.6 cm³/mol. The summed E-state index contributed by atoms with van der Waals surface area (Å²) in [4.78, 5) is 12.4. The number of nitro benzene ring substituents is 1. The lowest BCUT2D eigenvalue weighted by atomic mass is 10.1.